The minimum atomic E-state index is -1.26. The van der Waals surface area contributed by atoms with E-state index in [1.165, 1.54) is 12.1 Å². The summed E-state index contributed by atoms with van der Waals surface area (Å²) < 4.78 is 31.0. The van der Waals surface area contributed by atoms with E-state index in [0.717, 1.165) is 18.2 Å². The van der Waals surface area contributed by atoms with Gasteiger partial charge in [-0.25, -0.2) is 13.6 Å². The number of halogens is 2. The zero-order chi connectivity index (χ0) is 11.7. The van der Waals surface area contributed by atoms with E-state index in [-0.39, 0.29) is 17.1 Å². The van der Waals surface area contributed by atoms with Crippen molar-refractivity contribution in [2.24, 2.45) is 0 Å². The van der Waals surface area contributed by atoms with Gasteiger partial charge in [-0.2, -0.15) is 0 Å². The Morgan fingerprint density at radius 2 is 1.94 bits per heavy atom. The molecular weight excluding hydrogens is 218 g/mol. The third-order valence-corrected chi connectivity index (χ3v) is 2.01. The number of carbonyl (C=O) groups is 1. The van der Waals surface area contributed by atoms with Gasteiger partial charge in [0.25, 0.3) is 0 Å². The lowest BCUT2D eigenvalue weighted by molar-refractivity contribution is 0.0663. The van der Waals surface area contributed by atoms with Gasteiger partial charge in [0.15, 0.2) is 0 Å². The van der Waals surface area contributed by atoms with Gasteiger partial charge in [-0.3, -0.25) is 0 Å². The van der Waals surface area contributed by atoms with Gasteiger partial charge >= 0.3 is 5.97 Å². The molecule has 16 heavy (non-hydrogen) atoms. The topological polar surface area (TPSA) is 50.4 Å². The van der Waals surface area contributed by atoms with Crippen molar-refractivity contribution in [3.8, 4) is 11.3 Å². The minimum absolute atomic E-state index is 0.0191. The van der Waals surface area contributed by atoms with Gasteiger partial charge in [0.2, 0.25) is 5.76 Å². The lowest BCUT2D eigenvalue weighted by atomic mass is 10.1. The standard InChI is InChI=1S/C11H6F2O3/c12-6-1-2-8(13)7(5-6)9-3-4-10(16-9)11(14)15/h1-5H,(H,14,15). The van der Waals surface area contributed by atoms with Crippen molar-refractivity contribution in [3.05, 3.63) is 47.7 Å². The molecule has 2 rings (SSSR count). The van der Waals surface area contributed by atoms with E-state index >= 15 is 0 Å². The summed E-state index contributed by atoms with van der Waals surface area (Å²) in [4.78, 5) is 10.5. The molecule has 0 aliphatic heterocycles. The molecule has 1 N–H and O–H groups in total. The van der Waals surface area contributed by atoms with Crippen LogP contribution in [0.5, 0.6) is 0 Å². The minimum Gasteiger partial charge on any atom is -0.475 e. The largest absolute Gasteiger partial charge is 0.475 e. The van der Waals surface area contributed by atoms with Gasteiger partial charge in [0.05, 0.1) is 5.56 Å². The Hall–Kier alpha value is -2.17. The number of benzene rings is 1. The highest BCUT2D eigenvalue weighted by Gasteiger charge is 2.13. The van der Waals surface area contributed by atoms with Gasteiger partial charge in [-0.05, 0) is 30.3 Å². The summed E-state index contributed by atoms with van der Waals surface area (Å²) in [6.45, 7) is 0. The van der Waals surface area contributed by atoms with E-state index in [4.69, 9.17) is 9.52 Å². The SMILES string of the molecule is O=C(O)c1ccc(-c2cc(F)ccc2F)o1. The summed E-state index contributed by atoms with van der Waals surface area (Å²) in [5.74, 6) is -2.89. The van der Waals surface area contributed by atoms with Crippen LogP contribution in [0.15, 0.2) is 34.7 Å². The van der Waals surface area contributed by atoms with Crippen molar-refractivity contribution in [3.63, 3.8) is 0 Å². The molecule has 0 saturated heterocycles. The monoisotopic (exact) mass is 224 g/mol. The van der Waals surface area contributed by atoms with Crippen LogP contribution in [0.2, 0.25) is 0 Å². The maximum absolute atomic E-state index is 13.3. The van der Waals surface area contributed by atoms with Gasteiger partial charge < -0.3 is 9.52 Å². The fraction of sp³-hybridized carbons (Fsp3) is 0. The highest BCUT2D eigenvalue weighted by atomic mass is 19.1. The summed E-state index contributed by atoms with van der Waals surface area (Å²) in [7, 11) is 0. The molecule has 1 heterocycles. The molecule has 0 fully saturated rings. The van der Waals surface area contributed by atoms with Crippen LogP contribution in [0.25, 0.3) is 11.3 Å². The average Bonchev–Trinajstić information content (AvgIpc) is 2.70. The summed E-state index contributed by atoms with van der Waals surface area (Å²) in [6.07, 6.45) is 0. The molecular formula is C11H6F2O3. The number of aromatic carboxylic acids is 1. The molecule has 3 nitrogen and oxygen atoms in total. The first-order chi connectivity index (χ1) is 7.58. The van der Waals surface area contributed by atoms with Gasteiger partial charge in [-0.1, -0.05) is 0 Å². The van der Waals surface area contributed by atoms with Crippen LogP contribution in [0, 0.1) is 11.6 Å². The molecule has 0 bridgehead atoms. The summed E-state index contributed by atoms with van der Waals surface area (Å²) in [5.41, 5.74) is -0.104. The van der Waals surface area contributed by atoms with E-state index in [2.05, 4.69) is 0 Å². The predicted octanol–water partition coefficient (Wildman–Crippen LogP) is 2.92. The van der Waals surface area contributed by atoms with Crippen molar-refractivity contribution in [1.82, 2.24) is 0 Å². The Kier molecular flexibility index (Phi) is 2.44. The van der Waals surface area contributed by atoms with Crippen LogP contribution in [0.1, 0.15) is 10.6 Å². The molecule has 0 saturated carbocycles. The molecule has 0 aliphatic rings. The van der Waals surface area contributed by atoms with E-state index < -0.39 is 17.6 Å². The van der Waals surface area contributed by atoms with Crippen molar-refractivity contribution >= 4 is 5.97 Å². The number of hydrogen-bond acceptors (Lipinski definition) is 2. The Morgan fingerprint density at radius 3 is 2.56 bits per heavy atom. The van der Waals surface area contributed by atoms with E-state index in [1.54, 1.807) is 0 Å². The quantitative estimate of drug-likeness (QED) is 0.853. The lowest BCUT2D eigenvalue weighted by Gasteiger charge is -1.99. The average molecular weight is 224 g/mol. The van der Waals surface area contributed by atoms with E-state index in [0.29, 0.717) is 0 Å². The number of carboxylic acids is 1. The van der Waals surface area contributed by atoms with Crippen LogP contribution in [0.3, 0.4) is 0 Å². The molecule has 0 unspecified atom stereocenters. The van der Waals surface area contributed by atoms with Crippen molar-refractivity contribution < 1.29 is 23.1 Å². The maximum Gasteiger partial charge on any atom is 0.371 e. The summed E-state index contributed by atoms with van der Waals surface area (Å²) in [5, 5.41) is 8.61. The van der Waals surface area contributed by atoms with Crippen LogP contribution in [0.4, 0.5) is 8.78 Å². The Balaban J connectivity index is 2.50. The number of rotatable bonds is 2. The predicted molar refractivity (Wildman–Crippen MR) is 51.0 cm³/mol. The zero-order valence-electron chi connectivity index (χ0n) is 7.91. The molecule has 82 valence electrons. The first-order valence-corrected chi connectivity index (χ1v) is 4.36. The second-order valence-corrected chi connectivity index (χ2v) is 3.09. The molecule has 0 radical (unpaired) electrons. The third-order valence-electron chi connectivity index (χ3n) is 2.01. The van der Waals surface area contributed by atoms with E-state index in [9.17, 15) is 13.6 Å². The van der Waals surface area contributed by atoms with Gasteiger partial charge in [-0.15, -0.1) is 0 Å². The second kappa shape index (κ2) is 3.77. The number of hydrogen-bond donors (Lipinski definition) is 1. The molecule has 2 aromatic rings. The van der Waals surface area contributed by atoms with Crippen LogP contribution >= 0.6 is 0 Å². The summed E-state index contributed by atoms with van der Waals surface area (Å²) >= 11 is 0. The first kappa shape index (κ1) is 10.4. The molecule has 0 aliphatic carbocycles. The lowest BCUT2D eigenvalue weighted by Crippen LogP contribution is -1.91. The van der Waals surface area contributed by atoms with E-state index in [1.807, 2.05) is 0 Å². The first-order valence-electron chi connectivity index (χ1n) is 4.36. The molecule has 0 amide bonds. The normalized spacial score (nSPS) is 10.4. The van der Waals surface area contributed by atoms with Crippen LogP contribution < -0.4 is 0 Å². The maximum atomic E-state index is 13.3. The smallest absolute Gasteiger partial charge is 0.371 e. The van der Waals surface area contributed by atoms with Crippen LogP contribution in [-0.4, -0.2) is 11.1 Å². The molecule has 0 atom stereocenters. The Morgan fingerprint density at radius 1 is 1.19 bits per heavy atom. The Labute approximate surface area is 88.9 Å². The molecule has 1 aromatic carbocycles. The van der Waals surface area contributed by atoms with Crippen molar-refractivity contribution in [1.29, 1.82) is 0 Å². The van der Waals surface area contributed by atoms with Crippen LogP contribution in [-0.2, 0) is 0 Å². The number of carboxylic acid groups (broad SMARTS) is 1. The van der Waals surface area contributed by atoms with Gasteiger partial charge in [0.1, 0.15) is 17.4 Å². The second-order valence-electron chi connectivity index (χ2n) is 3.09. The van der Waals surface area contributed by atoms with Crippen molar-refractivity contribution in [2.75, 3.05) is 0 Å². The zero-order valence-corrected chi connectivity index (χ0v) is 7.91. The summed E-state index contributed by atoms with van der Waals surface area (Å²) in [6, 6.07) is 5.33. The molecule has 1 aromatic heterocycles. The van der Waals surface area contributed by atoms with Gasteiger partial charge in [0, 0.05) is 0 Å². The third kappa shape index (κ3) is 1.79. The fourth-order valence-corrected chi connectivity index (χ4v) is 1.28. The molecule has 0 spiro atoms. The van der Waals surface area contributed by atoms with Crippen molar-refractivity contribution in [2.45, 2.75) is 0 Å². The fourth-order valence-electron chi connectivity index (χ4n) is 1.28. The number of furan rings is 1. The molecule has 5 heteroatoms. The Bertz CT molecular complexity index is 546. The highest BCUT2D eigenvalue weighted by molar-refractivity contribution is 5.85. The highest BCUT2D eigenvalue weighted by Crippen LogP contribution is 2.25.